The zero-order valence-corrected chi connectivity index (χ0v) is 19.1. The maximum absolute atomic E-state index is 13.8. The number of thiazole rings is 1. The molecule has 2 aromatic carbocycles. The van der Waals surface area contributed by atoms with Gasteiger partial charge in [0, 0.05) is 11.8 Å². The number of anilines is 1. The van der Waals surface area contributed by atoms with E-state index >= 15 is 0 Å². The lowest BCUT2D eigenvalue weighted by Crippen LogP contribution is -2.30. The van der Waals surface area contributed by atoms with Gasteiger partial charge in [0.1, 0.15) is 0 Å². The smallest absolute Gasteiger partial charge is 0.260 e. The number of carbonyl (C=O) groups is 1. The van der Waals surface area contributed by atoms with Crippen molar-refractivity contribution in [3.63, 3.8) is 0 Å². The van der Waals surface area contributed by atoms with Crippen molar-refractivity contribution in [3.8, 4) is 17.2 Å². The topological polar surface area (TPSA) is 73.8 Å². The van der Waals surface area contributed by atoms with Gasteiger partial charge < -0.3 is 14.2 Å². The highest BCUT2D eigenvalue weighted by atomic mass is 32.1. The van der Waals surface area contributed by atoms with E-state index in [2.05, 4.69) is 4.98 Å². The van der Waals surface area contributed by atoms with Crippen molar-refractivity contribution in [3.05, 3.63) is 71.5 Å². The van der Waals surface area contributed by atoms with Crippen LogP contribution in [0.1, 0.15) is 21.6 Å². The molecule has 0 fully saturated rings. The molecule has 0 bridgehead atoms. The number of benzene rings is 2. The number of aromatic nitrogens is 2. The maximum Gasteiger partial charge on any atom is 0.260 e. The number of para-hydroxylation sites is 1. The second kappa shape index (κ2) is 9.23. The molecule has 0 spiro atoms. The molecular formula is C24H23N3O4S. The second-order valence-electron chi connectivity index (χ2n) is 7.04. The van der Waals surface area contributed by atoms with Gasteiger partial charge in [-0.25, -0.2) is 4.98 Å². The van der Waals surface area contributed by atoms with E-state index in [1.807, 2.05) is 43.3 Å². The highest BCUT2D eigenvalue weighted by Gasteiger charge is 2.25. The van der Waals surface area contributed by atoms with Gasteiger partial charge in [-0.2, -0.15) is 0 Å². The summed E-state index contributed by atoms with van der Waals surface area (Å²) in [5, 5.41) is 0.596. The summed E-state index contributed by atoms with van der Waals surface area (Å²) in [5.74, 6) is 1.01. The molecule has 8 heteroatoms. The molecule has 1 amide bonds. The van der Waals surface area contributed by atoms with Crippen molar-refractivity contribution in [2.75, 3.05) is 26.2 Å². The van der Waals surface area contributed by atoms with Crippen molar-refractivity contribution in [1.29, 1.82) is 0 Å². The molecule has 0 aliphatic rings. The van der Waals surface area contributed by atoms with E-state index in [4.69, 9.17) is 19.2 Å². The summed E-state index contributed by atoms with van der Waals surface area (Å²) >= 11 is 1.47. The summed E-state index contributed by atoms with van der Waals surface area (Å²) < 4.78 is 17.3. The molecule has 0 unspecified atom stereocenters. The van der Waals surface area contributed by atoms with Crippen LogP contribution in [0, 0.1) is 6.92 Å². The van der Waals surface area contributed by atoms with E-state index in [0.717, 1.165) is 21.5 Å². The Morgan fingerprint density at radius 3 is 2.34 bits per heavy atom. The summed E-state index contributed by atoms with van der Waals surface area (Å²) in [6, 6.07) is 14.9. The van der Waals surface area contributed by atoms with Crippen molar-refractivity contribution < 1.29 is 19.0 Å². The molecule has 0 saturated carbocycles. The standard InChI is InChI=1S/C24H23N3O4S/c1-15-8-7-10-20-21(15)26-24(32-20)27(14-17-9-5-6-11-25-17)23(28)16-12-18(29-2)22(31-4)19(13-16)30-3/h5-13H,14H2,1-4H3. The normalized spacial score (nSPS) is 10.8. The van der Waals surface area contributed by atoms with Crippen LogP contribution in [0.25, 0.3) is 10.2 Å². The number of pyridine rings is 1. The quantitative estimate of drug-likeness (QED) is 0.401. The predicted octanol–water partition coefficient (Wildman–Crippen LogP) is 4.87. The van der Waals surface area contributed by atoms with E-state index in [-0.39, 0.29) is 12.5 Å². The molecule has 0 saturated heterocycles. The number of ether oxygens (including phenoxy) is 3. The Bertz CT molecular complexity index is 1230. The van der Waals surface area contributed by atoms with Crippen LogP contribution in [0.5, 0.6) is 17.2 Å². The summed E-state index contributed by atoms with van der Waals surface area (Å²) in [6.07, 6.45) is 1.71. The molecule has 0 aliphatic carbocycles. The summed E-state index contributed by atoms with van der Waals surface area (Å²) in [5.41, 5.74) is 3.09. The third kappa shape index (κ3) is 4.09. The first-order chi connectivity index (χ1) is 15.5. The van der Waals surface area contributed by atoms with Crippen LogP contribution in [0.3, 0.4) is 0 Å². The van der Waals surface area contributed by atoms with Gasteiger partial charge in [-0.05, 0) is 42.8 Å². The van der Waals surface area contributed by atoms with Gasteiger partial charge in [0.25, 0.3) is 5.91 Å². The first-order valence-electron chi connectivity index (χ1n) is 9.93. The molecule has 0 radical (unpaired) electrons. The fourth-order valence-electron chi connectivity index (χ4n) is 3.43. The number of amides is 1. The maximum atomic E-state index is 13.8. The van der Waals surface area contributed by atoms with Crippen LogP contribution >= 0.6 is 11.3 Å². The van der Waals surface area contributed by atoms with E-state index in [1.54, 1.807) is 23.2 Å². The van der Waals surface area contributed by atoms with Gasteiger partial charge in [0.15, 0.2) is 16.6 Å². The van der Waals surface area contributed by atoms with Crippen LogP contribution < -0.4 is 19.1 Å². The van der Waals surface area contributed by atoms with Crippen LogP contribution in [0.4, 0.5) is 5.13 Å². The summed E-state index contributed by atoms with van der Waals surface area (Å²) in [7, 11) is 4.57. The van der Waals surface area contributed by atoms with Crippen LogP contribution in [0.2, 0.25) is 0 Å². The highest BCUT2D eigenvalue weighted by Crippen LogP contribution is 2.39. The predicted molar refractivity (Wildman–Crippen MR) is 125 cm³/mol. The Kier molecular flexibility index (Phi) is 6.23. The number of hydrogen-bond acceptors (Lipinski definition) is 7. The molecule has 4 aromatic rings. The Balaban J connectivity index is 1.82. The molecule has 2 aromatic heterocycles. The third-order valence-corrected chi connectivity index (χ3v) is 6.09. The Morgan fingerprint density at radius 1 is 1.00 bits per heavy atom. The zero-order chi connectivity index (χ0) is 22.7. The second-order valence-corrected chi connectivity index (χ2v) is 8.05. The number of methoxy groups -OCH3 is 3. The number of nitrogens with zero attached hydrogens (tertiary/aromatic N) is 3. The van der Waals surface area contributed by atoms with Gasteiger partial charge in [-0.15, -0.1) is 0 Å². The lowest BCUT2D eigenvalue weighted by molar-refractivity contribution is 0.0984. The van der Waals surface area contributed by atoms with Crippen molar-refractivity contribution in [2.24, 2.45) is 0 Å². The van der Waals surface area contributed by atoms with Crippen LogP contribution in [0.15, 0.2) is 54.7 Å². The largest absolute Gasteiger partial charge is 0.493 e. The molecule has 0 aliphatic heterocycles. The Hall–Kier alpha value is -3.65. The molecule has 32 heavy (non-hydrogen) atoms. The van der Waals surface area contributed by atoms with E-state index < -0.39 is 0 Å². The minimum absolute atomic E-state index is 0.244. The average Bonchev–Trinajstić information content (AvgIpc) is 3.27. The van der Waals surface area contributed by atoms with Gasteiger partial charge in [-0.3, -0.25) is 14.7 Å². The van der Waals surface area contributed by atoms with E-state index in [9.17, 15) is 4.79 Å². The van der Waals surface area contributed by atoms with E-state index in [1.165, 1.54) is 32.7 Å². The monoisotopic (exact) mass is 449 g/mol. The minimum Gasteiger partial charge on any atom is -0.493 e. The number of hydrogen-bond donors (Lipinski definition) is 0. The number of aryl methyl sites for hydroxylation is 1. The molecule has 164 valence electrons. The number of carbonyl (C=O) groups excluding carboxylic acids is 1. The fourth-order valence-corrected chi connectivity index (χ4v) is 4.47. The molecule has 4 rings (SSSR count). The molecule has 2 heterocycles. The first kappa shape index (κ1) is 21.6. The first-order valence-corrected chi connectivity index (χ1v) is 10.7. The van der Waals surface area contributed by atoms with Gasteiger partial charge in [0.05, 0.1) is 43.8 Å². The number of fused-ring (bicyclic) bond motifs is 1. The average molecular weight is 450 g/mol. The minimum atomic E-state index is -0.244. The van der Waals surface area contributed by atoms with Gasteiger partial charge in [-0.1, -0.05) is 29.5 Å². The van der Waals surface area contributed by atoms with Crippen LogP contribution in [-0.4, -0.2) is 37.2 Å². The summed E-state index contributed by atoms with van der Waals surface area (Å²) in [6.45, 7) is 2.28. The molecule has 7 nitrogen and oxygen atoms in total. The molecule has 0 N–H and O–H groups in total. The van der Waals surface area contributed by atoms with E-state index in [0.29, 0.717) is 27.9 Å². The van der Waals surface area contributed by atoms with Gasteiger partial charge >= 0.3 is 0 Å². The SMILES string of the molecule is COc1cc(C(=O)N(Cc2ccccn2)c2nc3c(C)cccc3s2)cc(OC)c1OC. The fraction of sp³-hybridized carbons (Fsp3) is 0.208. The van der Waals surface area contributed by atoms with Crippen molar-refractivity contribution >= 4 is 32.6 Å². The Morgan fingerprint density at radius 2 is 1.75 bits per heavy atom. The highest BCUT2D eigenvalue weighted by molar-refractivity contribution is 7.22. The van der Waals surface area contributed by atoms with Crippen molar-refractivity contribution in [1.82, 2.24) is 9.97 Å². The molecule has 0 atom stereocenters. The number of rotatable bonds is 7. The van der Waals surface area contributed by atoms with Gasteiger partial charge in [0.2, 0.25) is 5.75 Å². The third-order valence-electron chi connectivity index (χ3n) is 5.04. The lowest BCUT2D eigenvalue weighted by Gasteiger charge is -2.21. The zero-order valence-electron chi connectivity index (χ0n) is 18.3. The summed E-state index contributed by atoms with van der Waals surface area (Å²) in [4.78, 5) is 24.6. The van der Waals surface area contributed by atoms with Crippen molar-refractivity contribution in [2.45, 2.75) is 13.5 Å². The van der Waals surface area contributed by atoms with Crippen LogP contribution in [-0.2, 0) is 6.54 Å². The lowest BCUT2D eigenvalue weighted by atomic mass is 10.1. The molecular weight excluding hydrogens is 426 g/mol. The Labute approximate surface area is 190 Å².